The molecule has 0 unspecified atom stereocenters. The molecule has 7 heteroatoms. The Morgan fingerprint density at radius 1 is 1.40 bits per heavy atom. The van der Waals surface area contributed by atoms with Gasteiger partial charge in [0.05, 0.1) is 4.99 Å². The van der Waals surface area contributed by atoms with E-state index in [-0.39, 0.29) is 5.75 Å². The largest absolute Gasteiger partial charge is 0.446 e. The molecule has 0 spiro atoms. The Balaban J connectivity index is 2.77. The van der Waals surface area contributed by atoms with Gasteiger partial charge in [0.2, 0.25) is 0 Å². The molecule has 0 radical (unpaired) electrons. The molecular formula is C8H9NO4S2. The summed E-state index contributed by atoms with van der Waals surface area (Å²) in [5.74, 6) is 0.0325. The van der Waals surface area contributed by atoms with Crippen LogP contribution in [-0.2, 0) is 10.4 Å². The van der Waals surface area contributed by atoms with Crippen molar-refractivity contribution in [3.05, 3.63) is 24.3 Å². The molecule has 0 fully saturated rings. The zero-order valence-corrected chi connectivity index (χ0v) is 9.43. The molecular weight excluding hydrogens is 238 g/mol. The maximum atomic E-state index is 10.4. The van der Waals surface area contributed by atoms with Crippen molar-refractivity contribution < 1.29 is 17.2 Å². The fraction of sp³-hybridized carbons (Fsp3) is 0.125. The van der Waals surface area contributed by atoms with E-state index in [0.717, 1.165) is 0 Å². The first-order chi connectivity index (χ1) is 6.87. The Hall–Kier alpha value is -1.18. The van der Waals surface area contributed by atoms with Gasteiger partial charge >= 0.3 is 10.4 Å². The molecule has 82 valence electrons. The van der Waals surface area contributed by atoms with Gasteiger partial charge in [0.25, 0.3) is 0 Å². The third-order valence-corrected chi connectivity index (χ3v) is 1.88. The van der Waals surface area contributed by atoms with Crippen LogP contribution >= 0.6 is 12.2 Å². The molecule has 0 amide bonds. The molecule has 0 aliphatic heterocycles. The van der Waals surface area contributed by atoms with Crippen LogP contribution in [0.2, 0.25) is 0 Å². The minimum absolute atomic E-state index is 0.0325. The fourth-order valence-electron chi connectivity index (χ4n) is 0.919. The lowest BCUT2D eigenvalue weighted by Gasteiger charge is -2.05. The minimum atomic E-state index is -4.46. The van der Waals surface area contributed by atoms with Crippen molar-refractivity contribution in [3.63, 3.8) is 0 Å². The fourth-order valence-corrected chi connectivity index (χ4v) is 1.39. The van der Waals surface area contributed by atoms with E-state index in [1.807, 2.05) is 0 Å². The summed E-state index contributed by atoms with van der Waals surface area (Å²) in [6.07, 6.45) is 0. The van der Waals surface area contributed by atoms with Gasteiger partial charge in [-0.3, -0.25) is 4.55 Å². The SMILES string of the molecule is CC(=S)Nc1ccc(OS(=O)(=O)O)cc1. The summed E-state index contributed by atoms with van der Waals surface area (Å²) in [5.41, 5.74) is 0.713. The number of nitrogens with one attached hydrogen (secondary N) is 1. The Bertz CT molecular complexity index is 452. The number of benzene rings is 1. The number of thiocarbonyl (C=S) groups is 1. The van der Waals surface area contributed by atoms with Crippen LogP contribution in [0, 0.1) is 0 Å². The summed E-state index contributed by atoms with van der Waals surface area (Å²) in [5, 5.41) is 2.86. The topological polar surface area (TPSA) is 75.6 Å². The normalized spacial score (nSPS) is 10.8. The zero-order valence-electron chi connectivity index (χ0n) is 7.80. The first-order valence-electron chi connectivity index (χ1n) is 3.91. The molecule has 2 N–H and O–H groups in total. The molecule has 0 aliphatic rings. The lowest BCUT2D eigenvalue weighted by atomic mass is 10.3. The van der Waals surface area contributed by atoms with Crippen LogP contribution in [0.25, 0.3) is 0 Å². The molecule has 1 aromatic rings. The molecule has 1 rings (SSSR count). The van der Waals surface area contributed by atoms with E-state index in [4.69, 9.17) is 16.8 Å². The minimum Gasteiger partial charge on any atom is -0.362 e. The molecule has 1 aromatic carbocycles. The van der Waals surface area contributed by atoms with Crippen LogP contribution in [0.5, 0.6) is 5.75 Å². The maximum Gasteiger partial charge on any atom is 0.446 e. The zero-order chi connectivity index (χ0) is 11.5. The molecule has 0 aromatic heterocycles. The smallest absolute Gasteiger partial charge is 0.362 e. The van der Waals surface area contributed by atoms with Gasteiger partial charge < -0.3 is 9.50 Å². The van der Waals surface area contributed by atoms with E-state index in [9.17, 15) is 8.42 Å². The third-order valence-electron chi connectivity index (χ3n) is 1.38. The van der Waals surface area contributed by atoms with Crippen LogP contribution in [0.3, 0.4) is 0 Å². The molecule has 0 atom stereocenters. The summed E-state index contributed by atoms with van der Waals surface area (Å²) in [4.78, 5) is 0.596. The highest BCUT2D eigenvalue weighted by atomic mass is 32.3. The number of anilines is 1. The van der Waals surface area contributed by atoms with E-state index >= 15 is 0 Å². The molecule has 15 heavy (non-hydrogen) atoms. The Kier molecular flexibility index (Phi) is 3.61. The first kappa shape index (κ1) is 11.9. The van der Waals surface area contributed by atoms with Crippen molar-refractivity contribution in [1.82, 2.24) is 0 Å². The van der Waals surface area contributed by atoms with Gasteiger partial charge in [0.15, 0.2) is 0 Å². The van der Waals surface area contributed by atoms with Crippen LogP contribution in [0.4, 0.5) is 5.69 Å². The van der Waals surface area contributed by atoms with Gasteiger partial charge in [-0.2, -0.15) is 8.42 Å². The first-order valence-corrected chi connectivity index (χ1v) is 5.69. The quantitative estimate of drug-likeness (QED) is 0.624. The Labute approximate surface area is 93.0 Å². The highest BCUT2D eigenvalue weighted by Crippen LogP contribution is 2.16. The second kappa shape index (κ2) is 4.56. The maximum absolute atomic E-state index is 10.4. The lowest BCUT2D eigenvalue weighted by molar-refractivity contribution is 0.387. The molecule has 0 heterocycles. The van der Waals surface area contributed by atoms with Crippen molar-refractivity contribution in [3.8, 4) is 5.75 Å². The van der Waals surface area contributed by atoms with Gasteiger partial charge in [0, 0.05) is 5.69 Å². The van der Waals surface area contributed by atoms with Crippen LogP contribution in [0.1, 0.15) is 6.92 Å². The summed E-state index contributed by atoms with van der Waals surface area (Å²) >= 11 is 4.82. The van der Waals surface area contributed by atoms with E-state index in [2.05, 4.69) is 9.50 Å². The number of hydrogen-bond acceptors (Lipinski definition) is 4. The van der Waals surface area contributed by atoms with Gasteiger partial charge in [-0.25, -0.2) is 0 Å². The Morgan fingerprint density at radius 2 is 1.93 bits per heavy atom. The average Bonchev–Trinajstić information content (AvgIpc) is 2.05. The molecule has 0 bridgehead atoms. The second-order valence-electron chi connectivity index (χ2n) is 2.72. The molecule has 0 aliphatic carbocycles. The average molecular weight is 247 g/mol. The van der Waals surface area contributed by atoms with Crippen molar-refractivity contribution in [2.75, 3.05) is 5.32 Å². The highest BCUT2D eigenvalue weighted by molar-refractivity contribution is 7.81. The molecule has 5 nitrogen and oxygen atoms in total. The standard InChI is InChI=1S/C8H9NO4S2/c1-6(14)9-7-2-4-8(5-3-7)13-15(10,11)12/h2-5H,1H3,(H,9,14)(H,10,11,12). The summed E-state index contributed by atoms with van der Waals surface area (Å²) < 4.78 is 33.3. The van der Waals surface area contributed by atoms with Crippen molar-refractivity contribution in [2.24, 2.45) is 0 Å². The highest BCUT2D eigenvalue weighted by Gasteiger charge is 2.05. The molecule has 0 saturated heterocycles. The van der Waals surface area contributed by atoms with Crippen LogP contribution in [-0.4, -0.2) is 18.0 Å². The Morgan fingerprint density at radius 3 is 2.33 bits per heavy atom. The number of rotatable bonds is 3. The second-order valence-corrected chi connectivity index (χ2v) is 4.35. The third kappa shape index (κ3) is 4.73. The van der Waals surface area contributed by atoms with Crippen molar-refractivity contribution in [2.45, 2.75) is 6.92 Å². The van der Waals surface area contributed by atoms with Crippen molar-refractivity contribution in [1.29, 1.82) is 0 Å². The van der Waals surface area contributed by atoms with Crippen LogP contribution in [0.15, 0.2) is 24.3 Å². The number of hydrogen-bond donors (Lipinski definition) is 2. The predicted molar refractivity (Wildman–Crippen MR) is 60.5 cm³/mol. The monoisotopic (exact) mass is 247 g/mol. The van der Waals surface area contributed by atoms with E-state index in [1.165, 1.54) is 12.1 Å². The van der Waals surface area contributed by atoms with Gasteiger partial charge in [-0.05, 0) is 31.2 Å². The molecule has 0 saturated carbocycles. The lowest BCUT2D eigenvalue weighted by Crippen LogP contribution is -2.07. The predicted octanol–water partition coefficient (Wildman–Crippen LogP) is 1.63. The summed E-state index contributed by atoms with van der Waals surface area (Å²) in [7, 11) is -4.46. The van der Waals surface area contributed by atoms with Gasteiger partial charge in [-0.1, -0.05) is 12.2 Å². The van der Waals surface area contributed by atoms with E-state index in [0.29, 0.717) is 10.7 Å². The summed E-state index contributed by atoms with van der Waals surface area (Å²) in [6.45, 7) is 1.72. The summed E-state index contributed by atoms with van der Waals surface area (Å²) in [6, 6.07) is 5.95. The van der Waals surface area contributed by atoms with Crippen molar-refractivity contribution >= 4 is 33.3 Å². The van der Waals surface area contributed by atoms with E-state index in [1.54, 1.807) is 19.1 Å². The van der Waals surface area contributed by atoms with Gasteiger partial charge in [-0.15, -0.1) is 0 Å². The van der Waals surface area contributed by atoms with Crippen LogP contribution < -0.4 is 9.50 Å². The van der Waals surface area contributed by atoms with Gasteiger partial charge in [0.1, 0.15) is 5.75 Å². The van der Waals surface area contributed by atoms with E-state index < -0.39 is 10.4 Å².